The summed E-state index contributed by atoms with van der Waals surface area (Å²) in [6, 6.07) is 11.2. The van der Waals surface area contributed by atoms with Gasteiger partial charge < -0.3 is 9.52 Å². The predicted molar refractivity (Wildman–Crippen MR) is 92.1 cm³/mol. The summed E-state index contributed by atoms with van der Waals surface area (Å²) in [6.07, 6.45) is -3.93. The Labute approximate surface area is 155 Å². The molecule has 9 heteroatoms. The fraction of sp³-hybridized carbons (Fsp3) is 0.0556. The van der Waals surface area contributed by atoms with E-state index in [2.05, 4.69) is 15.2 Å². The first-order chi connectivity index (χ1) is 12.8. The Morgan fingerprint density at radius 1 is 1.00 bits per heavy atom. The van der Waals surface area contributed by atoms with Crippen LogP contribution >= 0.6 is 11.6 Å². The molecule has 2 aromatic carbocycles. The Hall–Kier alpha value is -3.13. The van der Waals surface area contributed by atoms with E-state index in [4.69, 9.17) is 16.0 Å². The normalized spacial score (nSPS) is 11.9. The van der Waals surface area contributed by atoms with Crippen molar-refractivity contribution in [1.82, 2.24) is 15.2 Å². The molecule has 0 saturated carbocycles. The molecule has 0 atom stereocenters. The van der Waals surface area contributed by atoms with Crippen molar-refractivity contribution in [1.29, 1.82) is 0 Å². The number of nitrogens with zero attached hydrogens (tertiary/aromatic N) is 3. The van der Waals surface area contributed by atoms with Gasteiger partial charge in [-0.1, -0.05) is 41.9 Å². The van der Waals surface area contributed by atoms with Gasteiger partial charge in [-0.15, -0.1) is 10.2 Å². The van der Waals surface area contributed by atoms with Crippen LogP contribution in [-0.4, -0.2) is 20.3 Å². The van der Waals surface area contributed by atoms with Crippen LogP contribution in [0.2, 0.25) is 5.02 Å². The fourth-order valence-electron chi connectivity index (χ4n) is 2.66. The third-order valence-electron chi connectivity index (χ3n) is 3.92. The molecule has 0 bridgehead atoms. The highest BCUT2D eigenvalue weighted by atomic mass is 35.5. The lowest BCUT2D eigenvalue weighted by atomic mass is 10.0. The topological polar surface area (TPSA) is 72.0 Å². The van der Waals surface area contributed by atoms with E-state index in [1.54, 1.807) is 18.2 Å². The largest absolute Gasteiger partial charge is 0.507 e. The number of alkyl halides is 3. The number of phenols is 1. The van der Waals surface area contributed by atoms with E-state index in [0.29, 0.717) is 17.1 Å². The van der Waals surface area contributed by atoms with E-state index in [1.807, 2.05) is 12.1 Å². The quantitative estimate of drug-likeness (QED) is 0.500. The molecule has 2 aromatic heterocycles. The molecule has 0 aliphatic rings. The van der Waals surface area contributed by atoms with Crippen molar-refractivity contribution >= 4 is 22.4 Å². The first-order valence-electron chi connectivity index (χ1n) is 7.62. The Balaban J connectivity index is 1.81. The summed E-state index contributed by atoms with van der Waals surface area (Å²) in [5.74, 6) is -0.233. The van der Waals surface area contributed by atoms with E-state index >= 15 is 0 Å². The van der Waals surface area contributed by atoms with Gasteiger partial charge in [-0.3, -0.25) is 0 Å². The van der Waals surface area contributed by atoms with Gasteiger partial charge in [-0.2, -0.15) is 13.2 Å². The lowest BCUT2D eigenvalue weighted by Crippen LogP contribution is -2.05. The van der Waals surface area contributed by atoms with Gasteiger partial charge in [0, 0.05) is 6.20 Å². The first-order valence-corrected chi connectivity index (χ1v) is 8.00. The van der Waals surface area contributed by atoms with Gasteiger partial charge in [0.2, 0.25) is 0 Å². The van der Waals surface area contributed by atoms with Crippen LogP contribution in [0, 0.1) is 0 Å². The van der Waals surface area contributed by atoms with Gasteiger partial charge in [-0.05, 0) is 22.9 Å². The minimum absolute atomic E-state index is 0.00272. The Kier molecular flexibility index (Phi) is 4.00. The average molecular weight is 392 g/mol. The number of aromatic nitrogens is 3. The second-order valence-corrected chi connectivity index (χ2v) is 6.05. The highest BCUT2D eigenvalue weighted by Crippen LogP contribution is 2.38. The third-order valence-corrected chi connectivity index (χ3v) is 4.21. The summed E-state index contributed by atoms with van der Waals surface area (Å²) < 4.78 is 43.8. The number of aromatic hydroxyl groups is 1. The summed E-state index contributed by atoms with van der Waals surface area (Å²) in [7, 11) is 0. The first kappa shape index (κ1) is 17.3. The zero-order valence-electron chi connectivity index (χ0n) is 13.3. The zero-order chi connectivity index (χ0) is 19.2. The van der Waals surface area contributed by atoms with Crippen LogP contribution in [0.4, 0.5) is 13.2 Å². The molecule has 4 rings (SSSR count). The van der Waals surface area contributed by atoms with Crippen LogP contribution in [0.5, 0.6) is 5.75 Å². The summed E-state index contributed by atoms with van der Waals surface area (Å²) in [5, 5.41) is 19.2. The van der Waals surface area contributed by atoms with Gasteiger partial charge in [-0.25, -0.2) is 4.98 Å². The van der Waals surface area contributed by atoms with Crippen molar-refractivity contribution in [2.75, 3.05) is 0 Å². The number of hydrogen-bond donors (Lipinski definition) is 1. The van der Waals surface area contributed by atoms with Gasteiger partial charge >= 0.3 is 6.18 Å². The molecule has 4 aromatic rings. The third kappa shape index (κ3) is 3.08. The number of benzene rings is 2. The number of hydrogen-bond acceptors (Lipinski definition) is 5. The van der Waals surface area contributed by atoms with Crippen molar-refractivity contribution in [3.05, 3.63) is 59.2 Å². The number of rotatable bonds is 2. The Bertz CT molecular complexity index is 1160. The van der Waals surface area contributed by atoms with Crippen molar-refractivity contribution in [2.45, 2.75) is 6.18 Å². The maximum atomic E-state index is 12.7. The minimum atomic E-state index is -4.57. The van der Waals surface area contributed by atoms with Crippen LogP contribution in [0.1, 0.15) is 5.56 Å². The van der Waals surface area contributed by atoms with Crippen molar-refractivity contribution in [2.24, 2.45) is 0 Å². The van der Waals surface area contributed by atoms with E-state index < -0.39 is 11.7 Å². The maximum absolute atomic E-state index is 12.7. The van der Waals surface area contributed by atoms with Crippen LogP contribution in [0.15, 0.2) is 53.1 Å². The molecule has 136 valence electrons. The molecule has 0 amide bonds. The molecule has 5 nitrogen and oxygen atoms in total. The molecule has 1 N–H and O–H groups in total. The Morgan fingerprint density at radius 2 is 1.74 bits per heavy atom. The van der Waals surface area contributed by atoms with Crippen molar-refractivity contribution in [3.8, 4) is 28.8 Å². The highest BCUT2D eigenvalue weighted by molar-refractivity contribution is 6.32. The standard InChI is InChI=1S/C18H9ClF3N3O2/c19-12-7-10(18(20,21)22)8-23-15(12)17-25-24-16(27-17)14-11-4-2-1-3-9(11)5-6-13(14)26/h1-8,26H. The second kappa shape index (κ2) is 6.24. The molecule has 0 fully saturated rings. The lowest BCUT2D eigenvalue weighted by molar-refractivity contribution is -0.137. The number of phenolic OH excluding ortho intramolecular Hbond substituents is 1. The van der Waals surface area contributed by atoms with E-state index in [1.165, 1.54) is 6.07 Å². The maximum Gasteiger partial charge on any atom is 0.417 e. The fourth-order valence-corrected chi connectivity index (χ4v) is 2.90. The zero-order valence-corrected chi connectivity index (χ0v) is 14.1. The highest BCUT2D eigenvalue weighted by Gasteiger charge is 2.32. The SMILES string of the molecule is Oc1ccc2ccccc2c1-c1nnc(-c2ncc(C(F)(F)F)cc2Cl)o1. The van der Waals surface area contributed by atoms with Crippen LogP contribution in [-0.2, 0) is 6.18 Å². The van der Waals surface area contributed by atoms with E-state index in [0.717, 1.165) is 11.5 Å². The summed E-state index contributed by atoms with van der Waals surface area (Å²) in [4.78, 5) is 3.70. The summed E-state index contributed by atoms with van der Waals surface area (Å²) in [6.45, 7) is 0. The Morgan fingerprint density at radius 3 is 2.48 bits per heavy atom. The van der Waals surface area contributed by atoms with Crippen LogP contribution in [0.3, 0.4) is 0 Å². The molecule has 0 unspecified atom stereocenters. The number of fused-ring (bicyclic) bond motifs is 1. The van der Waals surface area contributed by atoms with Crippen molar-refractivity contribution in [3.63, 3.8) is 0 Å². The van der Waals surface area contributed by atoms with Gasteiger partial charge in [0.25, 0.3) is 11.8 Å². The van der Waals surface area contributed by atoms with Gasteiger partial charge in [0.05, 0.1) is 16.1 Å². The van der Waals surface area contributed by atoms with Gasteiger partial charge in [0.15, 0.2) is 0 Å². The molecule has 0 radical (unpaired) electrons. The van der Waals surface area contributed by atoms with Gasteiger partial charge in [0.1, 0.15) is 11.4 Å². The van der Waals surface area contributed by atoms with Crippen molar-refractivity contribution < 1.29 is 22.7 Å². The monoisotopic (exact) mass is 391 g/mol. The smallest absolute Gasteiger partial charge is 0.417 e. The molecular formula is C18H9ClF3N3O2. The van der Waals surface area contributed by atoms with E-state index in [-0.39, 0.29) is 28.2 Å². The lowest BCUT2D eigenvalue weighted by Gasteiger charge is -2.07. The molecule has 0 spiro atoms. The molecule has 0 aliphatic carbocycles. The number of pyridine rings is 1. The number of halogens is 4. The molecule has 0 saturated heterocycles. The predicted octanol–water partition coefficient (Wildman–Crippen LogP) is 5.33. The minimum Gasteiger partial charge on any atom is -0.507 e. The summed E-state index contributed by atoms with van der Waals surface area (Å²) in [5.41, 5.74) is -0.749. The molecular weight excluding hydrogens is 383 g/mol. The average Bonchev–Trinajstić information content (AvgIpc) is 3.10. The molecule has 27 heavy (non-hydrogen) atoms. The second-order valence-electron chi connectivity index (χ2n) is 5.65. The summed E-state index contributed by atoms with van der Waals surface area (Å²) >= 11 is 5.91. The van der Waals surface area contributed by atoms with Crippen LogP contribution in [0.25, 0.3) is 33.8 Å². The molecule has 0 aliphatic heterocycles. The van der Waals surface area contributed by atoms with E-state index in [9.17, 15) is 18.3 Å². The van der Waals surface area contributed by atoms with Crippen LogP contribution < -0.4 is 0 Å². The molecule has 2 heterocycles.